The number of hydrogen-bond acceptors (Lipinski definition) is 5. The SMILES string of the molecule is CCCCn1c(SCC(=O)NC(=O)NC)n[nH]c1=O. The summed E-state index contributed by atoms with van der Waals surface area (Å²) in [6.07, 6.45) is 1.82. The largest absolute Gasteiger partial charge is 0.343 e. The fourth-order valence-electron chi connectivity index (χ4n) is 1.28. The first kappa shape index (κ1) is 15.3. The summed E-state index contributed by atoms with van der Waals surface area (Å²) >= 11 is 1.11. The number of imide groups is 1. The second-order valence-electron chi connectivity index (χ2n) is 3.73. The maximum Gasteiger partial charge on any atom is 0.343 e. The monoisotopic (exact) mass is 287 g/mol. The molecule has 0 spiro atoms. The highest BCUT2D eigenvalue weighted by Gasteiger charge is 2.12. The second kappa shape index (κ2) is 7.62. The number of amides is 3. The van der Waals surface area contributed by atoms with E-state index in [1.807, 2.05) is 6.92 Å². The maximum absolute atomic E-state index is 11.5. The standard InChI is InChI=1S/C10H17N5O3S/c1-3-4-5-15-9(18)13-14-10(15)19-6-7(16)12-8(17)11-2/h3-6H2,1-2H3,(H,13,18)(H2,11,12,16,17). The number of aromatic nitrogens is 3. The summed E-state index contributed by atoms with van der Waals surface area (Å²) in [7, 11) is 1.42. The number of carbonyl (C=O) groups excluding carboxylic acids is 2. The van der Waals surface area contributed by atoms with Crippen molar-refractivity contribution < 1.29 is 9.59 Å². The molecule has 1 rings (SSSR count). The Hall–Kier alpha value is -1.77. The van der Waals surface area contributed by atoms with Gasteiger partial charge >= 0.3 is 11.7 Å². The van der Waals surface area contributed by atoms with E-state index in [-0.39, 0.29) is 11.4 Å². The van der Waals surface area contributed by atoms with E-state index < -0.39 is 11.9 Å². The van der Waals surface area contributed by atoms with E-state index in [0.29, 0.717) is 11.7 Å². The van der Waals surface area contributed by atoms with Gasteiger partial charge in [0.2, 0.25) is 5.91 Å². The Labute approximate surface area is 114 Å². The van der Waals surface area contributed by atoms with Gasteiger partial charge in [0.05, 0.1) is 5.75 Å². The average Bonchev–Trinajstić information content (AvgIpc) is 2.74. The summed E-state index contributed by atoms with van der Waals surface area (Å²) in [5, 5.41) is 11.1. The number of hydrogen-bond donors (Lipinski definition) is 3. The summed E-state index contributed by atoms with van der Waals surface area (Å²) in [5.74, 6) is -0.425. The van der Waals surface area contributed by atoms with Crippen LogP contribution in [0.5, 0.6) is 0 Å². The summed E-state index contributed by atoms with van der Waals surface area (Å²) in [5.41, 5.74) is -0.289. The van der Waals surface area contributed by atoms with Gasteiger partial charge in [0.25, 0.3) is 0 Å². The van der Waals surface area contributed by atoms with Gasteiger partial charge in [-0.1, -0.05) is 25.1 Å². The molecule has 0 aliphatic carbocycles. The third-order valence-electron chi connectivity index (χ3n) is 2.27. The van der Waals surface area contributed by atoms with Crippen LogP contribution >= 0.6 is 11.8 Å². The molecule has 19 heavy (non-hydrogen) atoms. The molecule has 8 nitrogen and oxygen atoms in total. The number of urea groups is 1. The fourth-order valence-corrected chi connectivity index (χ4v) is 2.05. The molecule has 0 aliphatic heterocycles. The molecule has 0 unspecified atom stereocenters. The predicted molar refractivity (Wildman–Crippen MR) is 71.1 cm³/mol. The van der Waals surface area contributed by atoms with Gasteiger partial charge in [-0.2, -0.15) is 0 Å². The molecule has 0 bridgehead atoms. The zero-order valence-electron chi connectivity index (χ0n) is 10.9. The van der Waals surface area contributed by atoms with Crippen LogP contribution in [0.15, 0.2) is 9.95 Å². The molecular formula is C10H17N5O3S. The Morgan fingerprint density at radius 1 is 1.47 bits per heavy atom. The third-order valence-corrected chi connectivity index (χ3v) is 3.25. The molecule has 0 radical (unpaired) electrons. The highest BCUT2D eigenvalue weighted by atomic mass is 32.2. The van der Waals surface area contributed by atoms with E-state index in [1.165, 1.54) is 11.6 Å². The minimum Gasteiger partial charge on any atom is -0.341 e. The van der Waals surface area contributed by atoms with E-state index in [1.54, 1.807) is 0 Å². The van der Waals surface area contributed by atoms with Crippen molar-refractivity contribution in [3.8, 4) is 0 Å². The Kier molecular flexibility index (Phi) is 6.13. The molecule has 0 fully saturated rings. The van der Waals surface area contributed by atoms with Gasteiger partial charge in [-0.05, 0) is 6.42 Å². The van der Waals surface area contributed by atoms with Crippen LogP contribution in [-0.2, 0) is 11.3 Å². The lowest BCUT2D eigenvalue weighted by Gasteiger charge is -2.04. The van der Waals surface area contributed by atoms with Crippen molar-refractivity contribution in [2.24, 2.45) is 0 Å². The van der Waals surface area contributed by atoms with Crippen LogP contribution in [0, 0.1) is 0 Å². The highest BCUT2D eigenvalue weighted by Crippen LogP contribution is 2.13. The molecule has 0 aliphatic rings. The average molecular weight is 287 g/mol. The Bertz CT molecular complexity index is 496. The Balaban J connectivity index is 2.55. The van der Waals surface area contributed by atoms with Crippen molar-refractivity contribution in [3.05, 3.63) is 10.5 Å². The number of unbranched alkanes of at least 4 members (excludes halogenated alkanes) is 1. The van der Waals surface area contributed by atoms with Crippen LogP contribution in [0.3, 0.4) is 0 Å². The minimum atomic E-state index is -0.559. The number of aromatic amines is 1. The highest BCUT2D eigenvalue weighted by molar-refractivity contribution is 7.99. The summed E-state index contributed by atoms with van der Waals surface area (Å²) < 4.78 is 1.49. The van der Waals surface area contributed by atoms with E-state index in [2.05, 4.69) is 20.8 Å². The van der Waals surface area contributed by atoms with Gasteiger partial charge in [0, 0.05) is 13.6 Å². The predicted octanol–water partition coefficient (Wildman–Crippen LogP) is -0.0808. The number of nitrogens with one attached hydrogen (secondary N) is 3. The topological polar surface area (TPSA) is 109 Å². The molecule has 1 heterocycles. The Morgan fingerprint density at radius 3 is 2.84 bits per heavy atom. The molecular weight excluding hydrogens is 270 g/mol. The summed E-state index contributed by atoms with van der Waals surface area (Å²) in [6, 6.07) is -0.559. The van der Waals surface area contributed by atoms with Crippen molar-refractivity contribution in [2.75, 3.05) is 12.8 Å². The van der Waals surface area contributed by atoms with Crippen LogP contribution in [0.25, 0.3) is 0 Å². The van der Waals surface area contributed by atoms with Crippen LogP contribution in [0.2, 0.25) is 0 Å². The summed E-state index contributed by atoms with van der Waals surface area (Å²) in [4.78, 5) is 33.8. The van der Waals surface area contributed by atoms with Crippen molar-refractivity contribution >= 4 is 23.7 Å². The van der Waals surface area contributed by atoms with Crippen molar-refractivity contribution in [3.63, 3.8) is 0 Å². The van der Waals surface area contributed by atoms with E-state index in [4.69, 9.17) is 0 Å². The van der Waals surface area contributed by atoms with Crippen LogP contribution < -0.4 is 16.3 Å². The minimum absolute atomic E-state index is 0.0177. The maximum atomic E-state index is 11.5. The van der Waals surface area contributed by atoms with Crippen LogP contribution in [0.4, 0.5) is 4.79 Å². The first-order valence-corrected chi connectivity index (χ1v) is 6.86. The zero-order valence-corrected chi connectivity index (χ0v) is 11.7. The van der Waals surface area contributed by atoms with Gasteiger partial charge in [0.1, 0.15) is 0 Å². The Morgan fingerprint density at radius 2 is 2.21 bits per heavy atom. The molecule has 1 aromatic rings. The molecule has 0 saturated heterocycles. The fraction of sp³-hybridized carbons (Fsp3) is 0.600. The van der Waals surface area contributed by atoms with Crippen LogP contribution in [0.1, 0.15) is 19.8 Å². The van der Waals surface area contributed by atoms with Gasteiger partial charge < -0.3 is 5.32 Å². The molecule has 106 valence electrons. The first-order chi connectivity index (χ1) is 9.08. The lowest BCUT2D eigenvalue weighted by molar-refractivity contribution is -0.117. The smallest absolute Gasteiger partial charge is 0.341 e. The van der Waals surface area contributed by atoms with Crippen molar-refractivity contribution in [1.82, 2.24) is 25.4 Å². The van der Waals surface area contributed by atoms with Crippen LogP contribution in [-0.4, -0.2) is 39.5 Å². The number of rotatable bonds is 6. The zero-order chi connectivity index (χ0) is 14.3. The molecule has 9 heteroatoms. The van der Waals surface area contributed by atoms with Crippen molar-refractivity contribution in [2.45, 2.75) is 31.5 Å². The molecule has 1 aromatic heterocycles. The number of thioether (sulfide) groups is 1. The molecule has 0 atom stereocenters. The molecule has 0 saturated carbocycles. The number of nitrogens with zero attached hydrogens (tertiary/aromatic N) is 2. The lowest BCUT2D eigenvalue weighted by Crippen LogP contribution is -2.38. The molecule has 3 N–H and O–H groups in total. The van der Waals surface area contributed by atoms with E-state index in [9.17, 15) is 14.4 Å². The van der Waals surface area contributed by atoms with E-state index >= 15 is 0 Å². The van der Waals surface area contributed by atoms with E-state index in [0.717, 1.165) is 24.6 Å². The second-order valence-corrected chi connectivity index (χ2v) is 4.67. The first-order valence-electron chi connectivity index (χ1n) is 5.88. The molecule has 0 aromatic carbocycles. The normalized spacial score (nSPS) is 10.2. The lowest BCUT2D eigenvalue weighted by atomic mass is 10.3. The molecule has 3 amide bonds. The number of H-pyrrole nitrogens is 1. The third kappa shape index (κ3) is 4.78. The van der Waals surface area contributed by atoms with Crippen molar-refractivity contribution in [1.29, 1.82) is 0 Å². The van der Waals surface area contributed by atoms with Gasteiger partial charge in [0.15, 0.2) is 5.16 Å². The summed E-state index contributed by atoms with van der Waals surface area (Å²) in [6.45, 7) is 2.58. The van der Waals surface area contributed by atoms with Gasteiger partial charge in [-0.15, -0.1) is 5.10 Å². The number of carbonyl (C=O) groups is 2. The van der Waals surface area contributed by atoms with Gasteiger partial charge in [-0.3, -0.25) is 14.7 Å². The van der Waals surface area contributed by atoms with Gasteiger partial charge in [-0.25, -0.2) is 14.7 Å². The quantitative estimate of drug-likeness (QED) is 0.634.